The molecule has 140 valence electrons. The van der Waals surface area contributed by atoms with Gasteiger partial charge in [-0.1, -0.05) is 6.07 Å². The van der Waals surface area contributed by atoms with Crippen molar-refractivity contribution in [3.8, 4) is 17.2 Å². The van der Waals surface area contributed by atoms with E-state index in [1.165, 1.54) is 12.1 Å². The van der Waals surface area contributed by atoms with Crippen LogP contribution in [0.5, 0.6) is 17.2 Å². The zero-order valence-corrected chi connectivity index (χ0v) is 14.8. The highest BCUT2D eigenvalue weighted by Crippen LogP contribution is 2.22. The Kier molecular flexibility index (Phi) is 6.82. The third-order valence-corrected chi connectivity index (χ3v) is 3.89. The number of nitrogens with one attached hydrogen (secondary N) is 1. The number of rotatable bonds is 9. The van der Waals surface area contributed by atoms with E-state index in [0.717, 1.165) is 11.5 Å². The van der Waals surface area contributed by atoms with Crippen LogP contribution in [-0.2, 0) is 0 Å². The summed E-state index contributed by atoms with van der Waals surface area (Å²) in [7, 11) is 1.60. The van der Waals surface area contributed by atoms with Crippen LogP contribution >= 0.6 is 0 Å². The maximum atomic E-state index is 11.3. The predicted octanol–water partition coefficient (Wildman–Crippen LogP) is 1.59. The molecule has 5 N–H and O–H groups in total. The van der Waals surface area contributed by atoms with Gasteiger partial charge in [-0.25, -0.2) is 0 Å². The van der Waals surface area contributed by atoms with Crippen molar-refractivity contribution in [2.45, 2.75) is 19.1 Å². The SMILES string of the molecule is COc1ccc(OCC(C)NCC(O)c2ccc(O)c(C(N)=O)c2)cc1. The van der Waals surface area contributed by atoms with Crippen molar-refractivity contribution in [2.75, 3.05) is 20.3 Å². The monoisotopic (exact) mass is 360 g/mol. The number of aromatic hydroxyl groups is 1. The lowest BCUT2D eigenvalue weighted by atomic mass is 10.0. The van der Waals surface area contributed by atoms with Gasteiger partial charge in [-0.3, -0.25) is 4.79 Å². The number of hydrogen-bond donors (Lipinski definition) is 4. The van der Waals surface area contributed by atoms with Crippen LogP contribution in [0.3, 0.4) is 0 Å². The molecule has 0 aliphatic rings. The lowest BCUT2D eigenvalue weighted by molar-refractivity contribution is 0.0997. The first-order chi connectivity index (χ1) is 12.4. The quantitative estimate of drug-likeness (QED) is 0.540. The van der Waals surface area contributed by atoms with Gasteiger partial charge in [0.25, 0.3) is 5.91 Å². The van der Waals surface area contributed by atoms with Gasteiger partial charge in [0, 0.05) is 12.6 Å². The van der Waals surface area contributed by atoms with Gasteiger partial charge in [-0.15, -0.1) is 0 Å². The molecule has 0 spiro atoms. The fraction of sp³-hybridized carbons (Fsp3) is 0.316. The summed E-state index contributed by atoms with van der Waals surface area (Å²) in [5.74, 6) is 0.536. The third kappa shape index (κ3) is 5.37. The minimum absolute atomic E-state index is 0.0144. The van der Waals surface area contributed by atoms with Crippen LogP contribution in [0.25, 0.3) is 0 Å². The number of aliphatic hydroxyl groups is 1. The molecule has 1 amide bonds. The number of aliphatic hydroxyl groups excluding tert-OH is 1. The molecule has 0 saturated heterocycles. The Morgan fingerprint density at radius 2 is 1.85 bits per heavy atom. The van der Waals surface area contributed by atoms with E-state index >= 15 is 0 Å². The van der Waals surface area contributed by atoms with Crippen LogP contribution in [0.2, 0.25) is 0 Å². The van der Waals surface area contributed by atoms with E-state index in [-0.39, 0.29) is 23.9 Å². The minimum Gasteiger partial charge on any atom is -0.507 e. The van der Waals surface area contributed by atoms with Crippen LogP contribution in [0, 0.1) is 0 Å². The number of amides is 1. The van der Waals surface area contributed by atoms with Crippen molar-refractivity contribution in [1.29, 1.82) is 0 Å². The second kappa shape index (κ2) is 9.07. The summed E-state index contributed by atoms with van der Waals surface area (Å²) in [4.78, 5) is 11.3. The molecule has 0 aliphatic heterocycles. The number of ether oxygens (including phenoxy) is 2. The molecular weight excluding hydrogens is 336 g/mol. The molecular formula is C19H24N2O5. The Morgan fingerprint density at radius 1 is 1.19 bits per heavy atom. The van der Waals surface area contributed by atoms with Gasteiger partial charge in [0.05, 0.1) is 18.8 Å². The Morgan fingerprint density at radius 3 is 2.46 bits per heavy atom. The maximum absolute atomic E-state index is 11.3. The zero-order chi connectivity index (χ0) is 19.1. The Bertz CT molecular complexity index is 733. The van der Waals surface area contributed by atoms with Gasteiger partial charge in [0.1, 0.15) is 23.9 Å². The highest BCUT2D eigenvalue weighted by Gasteiger charge is 2.14. The van der Waals surface area contributed by atoms with Crippen LogP contribution in [0.4, 0.5) is 0 Å². The Balaban J connectivity index is 1.83. The highest BCUT2D eigenvalue weighted by molar-refractivity contribution is 5.95. The average molecular weight is 360 g/mol. The van der Waals surface area contributed by atoms with Gasteiger partial charge in [-0.2, -0.15) is 0 Å². The van der Waals surface area contributed by atoms with E-state index in [4.69, 9.17) is 15.2 Å². The van der Waals surface area contributed by atoms with E-state index in [9.17, 15) is 15.0 Å². The summed E-state index contributed by atoms with van der Waals surface area (Å²) >= 11 is 0. The van der Waals surface area contributed by atoms with Crippen molar-refractivity contribution in [2.24, 2.45) is 5.73 Å². The second-order valence-corrected chi connectivity index (χ2v) is 5.95. The van der Waals surface area contributed by atoms with Gasteiger partial charge < -0.3 is 30.7 Å². The van der Waals surface area contributed by atoms with Gasteiger partial charge in [0.15, 0.2) is 0 Å². The molecule has 2 aromatic carbocycles. The first-order valence-electron chi connectivity index (χ1n) is 8.21. The lowest BCUT2D eigenvalue weighted by Crippen LogP contribution is -2.35. The summed E-state index contributed by atoms with van der Waals surface area (Å²) in [6.07, 6.45) is -0.850. The molecule has 2 rings (SSSR count). The molecule has 26 heavy (non-hydrogen) atoms. The summed E-state index contributed by atoms with van der Waals surface area (Å²) < 4.78 is 10.8. The van der Waals surface area contributed by atoms with Crippen molar-refractivity contribution in [3.63, 3.8) is 0 Å². The van der Waals surface area contributed by atoms with Crippen LogP contribution in [-0.4, -0.2) is 42.4 Å². The largest absolute Gasteiger partial charge is 0.507 e. The first kappa shape index (κ1) is 19.6. The molecule has 0 aliphatic carbocycles. The normalized spacial score (nSPS) is 13.0. The summed E-state index contributed by atoms with van der Waals surface area (Å²) in [6.45, 7) is 2.61. The number of benzene rings is 2. The van der Waals surface area contributed by atoms with E-state index in [1.54, 1.807) is 13.2 Å². The first-order valence-corrected chi connectivity index (χ1v) is 8.21. The molecule has 7 nitrogen and oxygen atoms in total. The Hall–Kier alpha value is -2.77. The molecule has 0 fully saturated rings. The smallest absolute Gasteiger partial charge is 0.252 e. The summed E-state index contributed by atoms with van der Waals surface area (Å²) in [6, 6.07) is 11.5. The fourth-order valence-electron chi connectivity index (χ4n) is 2.34. The molecule has 0 saturated carbocycles. The molecule has 2 unspecified atom stereocenters. The van der Waals surface area contributed by atoms with Crippen molar-refractivity contribution < 1.29 is 24.5 Å². The molecule has 0 radical (unpaired) electrons. The highest BCUT2D eigenvalue weighted by atomic mass is 16.5. The standard InChI is InChI=1S/C19H24N2O5/c1-12(11-26-15-6-4-14(25-2)5-7-15)21-10-18(23)13-3-8-17(22)16(9-13)19(20)24/h3-9,12,18,21-23H,10-11H2,1-2H3,(H2,20,24). The number of hydrogen-bond acceptors (Lipinski definition) is 6. The lowest BCUT2D eigenvalue weighted by Gasteiger charge is -2.18. The molecule has 2 aromatic rings. The van der Waals surface area contributed by atoms with Crippen molar-refractivity contribution >= 4 is 5.91 Å². The number of primary amides is 1. The zero-order valence-electron chi connectivity index (χ0n) is 14.8. The number of methoxy groups -OCH3 is 1. The van der Waals surface area contributed by atoms with Crippen molar-refractivity contribution in [3.05, 3.63) is 53.6 Å². The van der Waals surface area contributed by atoms with Gasteiger partial charge in [-0.05, 0) is 48.9 Å². The average Bonchev–Trinajstić information content (AvgIpc) is 2.64. The van der Waals surface area contributed by atoms with E-state index in [2.05, 4.69) is 5.32 Å². The van der Waals surface area contributed by atoms with E-state index in [0.29, 0.717) is 12.2 Å². The minimum atomic E-state index is -0.850. The molecule has 0 bridgehead atoms. The van der Waals surface area contributed by atoms with Crippen LogP contribution in [0.1, 0.15) is 28.9 Å². The van der Waals surface area contributed by atoms with E-state index < -0.39 is 12.0 Å². The molecule has 7 heteroatoms. The topological polar surface area (TPSA) is 114 Å². The fourth-order valence-corrected chi connectivity index (χ4v) is 2.34. The van der Waals surface area contributed by atoms with Gasteiger partial charge in [0.2, 0.25) is 0 Å². The van der Waals surface area contributed by atoms with E-state index in [1.807, 2.05) is 31.2 Å². The van der Waals surface area contributed by atoms with Crippen LogP contribution < -0.4 is 20.5 Å². The molecule has 0 aromatic heterocycles. The maximum Gasteiger partial charge on any atom is 0.252 e. The number of carbonyl (C=O) groups excluding carboxylic acids is 1. The number of carbonyl (C=O) groups is 1. The second-order valence-electron chi connectivity index (χ2n) is 5.95. The van der Waals surface area contributed by atoms with Gasteiger partial charge >= 0.3 is 0 Å². The number of phenols is 1. The summed E-state index contributed by atoms with van der Waals surface area (Å²) in [5, 5.41) is 23.0. The van der Waals surface area contributed by atoms with Crippen LogP contribution in [0.15, 0.2) is 42.5 Å². The number of nitrogens with two attached hydrogens (primary N) is 1. The molecule has 2 atom stereocenters. The predicted molar refractivity (Wildman–Crippen MR) is 97.5 cm³/mol. The Labute approximate surface area is 152 Å². The summed E-state index contributed by atoms with van der Waals surface area (Å²) in [5.41, 5.74) is 5.67. The molecule has 0 heterocycles. The van der Waals surface area contributed by atoms with Crippen molar-refractivity contribution in [1.82, 2.24) is 5.32 Å². The third-order valence-electron chi connectivity index (χ3n) is 3.89.